The minimum atomic E-state index is -1.04. The number of aromatic hydroxyl groups is 1. The van der Waals surface area contributed by atoms with Crippen molar-refractivity contribution in [3.8, 4) is 11.5 Å². The molecule has 0 bridgehead atoms. The summed E-state index contributed by atoms with van der Waals surface area (Å²) in [4.78, 5) is 29.0. The third-order valence-electron chi connectivity index (χ3n) is 12.0. The molecule has 7 rings (SSSR count). The summed E-state index contributed by atoms with van der Waals surface area (Å²) in [6, 6.07) is 14.5. The molecule has 10 nitrogen and oxygen atoms in total. The Balaban J connectivity index is 0.911. The van der Waals surface area contributed by atoms with E-state index in [-0.39, 0.29) is 11.5 Å². The summed E-state index contributed by atoms with van der Waals surface area (Å²) in [6.45, 7) is 3.30. The molecule has 2 heterocycles. The molecule has 49 heavy (non-hydrogen) atoms. The standard InChI is InChI=1S/C38H48N4O6S/c1-38-22-30(33-28-14-10-26(43)21-25(28)9-13-29(33)31(38)15-16-32(38)44)24-7-11-27(12-8-24)48-18-5-4-6-19-49(47)20-17-42-23-39-35-34(42)36(45)41(3)37(46)40(35)2/h7-8,10-12,14,21,23,29-33,43-44H,4-6,9,13,15-20,22H2,1-3H3/t29-,30+,31-,32-,33+,38-,49?/m0/s1. The fraction of sp³-hybridized carbons (Fsp3) is 0.553. The van der Waals surface area contributed by atoms with Crippen LogP contribution in [0, 0.1) is 17.3 Å². The molecule has 4 aromatic rings. The third kappa shape index (κ3) is 6.17. The highest BCUT2D eigenvalue weighted by Crippen LogP contribution is 2.65. The molecule has 3 aliphatic carbocycles. The monoisotopic (exact) mass is 688 g/mol. The fourth-order valence-corrected chi connectivity index (χ4v) is 10.5. The summed E-state index contributed by atoms with van der Waals surface area (Å²) in [7, 11) is 2.00. The van der Waals surface area contributed by atoms with Crippen molar-refractivity contribution in [1.82, 2.24) is 18.7 Å². The number of aryl methyl sites for hydroxylation is 3. The maximum absolute atomic E-state index is 12.7. The van der Waals surface area contributed by atoms with Crippen molar-refractivity contribution in [3.63, 3.8) is 0 Å². The molecular weight excluding hydrogens is 641 g/mol. The molecule has 0 aliphatic heterocycles. The van der Waals surface area contributed by atoms with Gasteiger partial charge in [-0.3, -0.25) is 18.1 Å². The van der Waals surface area contributed by atoms with Gasteiger partial charge in [0.2, 0.25) is 0 Å². The summed E-state index contributed by atoms with van der Waals surface area (Å²) in [5.41, 5.74) is 3.73. The lowest BCUT2D eigenvalue weighted by atomic mass is 9.51. The van der Waals surface area contributed by atoms with Crippen LogP contribution in [0.5, 0.6) is 11.5 Å². The van der Waals surface area contributed by atoms with Gasteiger partial charge in [0.05, 0.1) is 19.0 Å². The van der Waals surface area contributed by atoms with Crippen LogP contribution in [0.1, 0.15) is 80.4 Å². The van der Waals surface area contributed by atoms with Crippen molar-refractivity contribution >= 4 is 22.0 Å². The lowest BCUT2D eigenvalue weighted by Crippen LogP contribution is -2.47. The van der Waals surface area contributed by atoms with Crippen molar-refractivity contribution in [2.45, 2.75) is 82.8 Å². The number of aliphatic hydroxyl groups is 1. The van der Waals surface area contributed by atoms with Gasteiger partial charge in [-0.15, -0.1) is 0 Å². The Morgan fingerprint density at radius 2 is 1.80 bits per heavy atom. The van der Waals surface area contributed by atoms with Crippen LogP contribution >= 0.6 is 0 Å². The first-order chi connectivity index (χ1) is 23.6. The van der Waals surface area contributed by atoms with Crippen LogP contribution in [-0.4, -0.2) is 57.3 Å². The zero-order chi connectivity index (χ0) is 34.4. The summed E-state index contributed by atoms with van der Waals surface area (Å²) in [6.07, 6.45) is 8.90. The third-order valence-corrected chi connectivity index (χ3v) is 13.4. The number of phenolic OH excluding ortho intramolecular Hbond substituents is 1. The van der Waals surface area contributed by atoms with Crippen LogP contribution in [-0.2, 0) is 37.9 Å². The van der Waals surface area contributed by atoms with Crippen LogP contribution in [0.15, 0.2) is 58.4 Å². The Morgan fingerprint density at radius 1 is 1.00 bits per heavy atom. The highest BCUT2D eigenvalue weighted by Gasteiger charge is 2.57. The second kappa shape index (κ2) is 13.5. The largest absolute Gasteiger partial charge is 0.508 e. The number of aliphatic hydroxyl groups excluding tert-OH is 1. The van der Waals surface area contributed by atoms with Crippen molar-refractivity contribution in [2.24, 2.45) is 31.3 Å². The summed E-state index contributed by atoms with van der Waals surface area (Å²) >= 11 is 0. The van der Waals surface area contributed by atoms with Crippen LogP contribution in [0.2, 0.25) is 0 Å². The van der Waals surface area contributed by atoms with Gasteiger partial charge in [-0.1, -0.05) is 25.1 Å². The van der Waals surface area contributed by atoms with E-state index in [1.54, 1.807) is 11.6 Å². The van der Waals surface area contributed by atoms with Gasteiger partial charge in [0, 0.05) is 42.9 Å². The molecule has 0 radical (unpaired) electrons. The number of rotatable bonds is 11. The molecule has 2 N–H and O–H groups in total. The molecule has 2 aromatic heterocycles. The average Bonchev–Trinajstić information content (AvgIpc) is 3.66. The molecule has 262 valence electrons. The van der Waals surface area contributed by atoms with Gasteiger partial charge in [0.1, 0.15) is 11.5 Å². The van der Waals surface area contributed by atoms with E-state index < -0.39 is 22.0 Å². The second-order valence-corrected chi connectivity index (χ2v) is 16.5. The van der Waals surface area contributed by atoms with Crippen molar-refractivity contribution in [1.29, 1.82) is 0 Å². The minimum absolute atomic E-state index is 0.0766. The molecule has 2 aromatic carbocycles. The van der Waals surface area contributed by atoms with E-state index in [9.17, 15) is 24.0 Å². The zero-order valence-electron chi connectivity index (χ0n) is 28.7. The molecule has 0 saturated heterocycles. The minimum Gasteiger partial charge on any atom is -0.508 e. The predicted octanol–water partition coefficient (Wildman–Crippen LogP) is 4.75. The Bertz CT molecular complexity index is 1980. The molecular formula is C38H48N4O6S. The Morgan fingerprint density at radius 3 is 2.59 bits per heavy atom. The van der Waals surface area contributed by atoms with E-state index >= 15 is 0 Å². The Kier molecular flexibility index (Phi) is 9.34. The summed E-state index contributed by atoms with van der Waals surface area (Å²) in [5, 5.41) is 21.3. The lowest BCUT2D eigenvalue weighted by molar-refractivity contribution is -0.0323. The number of fused-ring (bicyclic) bond motifs is 6. The van der Waals surface area contributed by atoms with Crippen LogP contribution < -0.4 is 16.0 Å². The van der Waals surface area contributed by atoms with Crippen LogP contribution in [0.25, 0.3) is 11.2 Å². The number of hydrogen-bond acceptors (Lipinski definition) is 7. The fourth-order valence-electron chi connectivity index (χ4n) is 9.41. The molecule has 2 saturated carbocycles. The first kappa shape index (κ1) is 33.8. The average molecular weight is 689 g/mol. The van der Waals surface area contributed by atoms with Gasteiger partial charge < -0.3 is 19.5 Å². The molecule has 0 amide bonds. The molecule has 1 unspecified atom stereocenters. The number of unbranched alkanes of at least 4 members (excludes halogenated alkanes) is 2. The van der Waals surface area contributed by atoms with Crippen molar-refractivity contribution < 1.29 is 19.2 Å². The molecule has 3 aliphatic rings. The topological polar surface area (TPSA) is 129 Å². The maximum Gasteiger partial charge on any atom is 0.332 e. The van der Waals surface area contributed by atoms with Gasteiger partial charge in [0.25, 0.3) is 5.56 Å². The van der Waals surface area contributed by atoms with E-state index in [0.717, 1.165) is 61.7 Å². The van der Waals surface area contributed by atoms with Gasteiger partial charge in [0.15, 0.2) is 11.2 Å². The number of benzene rings is 2. The molecule has 7 atom stereocenters. The van der Waals surface area contributed by atoms with Crippen LogP contribution in [0.4, 0.5) is 0 Å². The number of ether oxygens (including phenoxy) is 1. The van der Waals surface area contributed by atoms with E-state index in [1.165, 1.54) is 34.6 Å². The smallest absolute Gasteiger partial charge is 0.332 e. The van der Waals surface area contributed by atoms with E-state index in [1.807, 2.05) is 12.1 Å². The predicted molar refractivity (Wildman–Crippen MR) is 191 cm³/mol. The van der Waals surface area contributed by atoms with E-state index in [4.69, 9.17) is 4.74 Å². The summed E-state index contributed by atoms with van der Waals surface area (Å²) < 4.78 is 22.9. The number of phenols is 1. The normalized spacial score (nSPS) is 26.7. The molecule has 2 fully saturated rings. The van der Waals surface area contributed by atoms with Gasteiger partial charge in [-0.25, -0.2) is 9.78 Å². The van der Waals surface area contributed by atoms with Gasteiger partial charge in [-0.05, 0) is 121 Å². The first-order valence-corrected chi connectivity index (χ1v) is 19.2. The van der Waals surface area contributed by atoms with Crippen molar-refractivity contribution in [3.05, 3.63) is 86.3 Å². The molecule has 11 heteroatoms. The summed E-state index contributed by atoms with van der Waals surface area (Å²) in [5.74, 6) is 3.90. The number of imidazole rings is 1. The highest BCUT2D eigenvalue weighted by atomic mass is 32.2. The van der Waals surface area contributed by atoms with E-state index in [0.29, 0.717) is 65.2 Å². The van der Waals surface area contributed by atoms with Crippen molar-refractivity contribution in [2.75, 3.05) is 18.1 Å². The first-order valence-electron chi connectivity index (χ1n) is 17.7. The highest BCUT2D eigenvalue weighted by molar-refractivity contribution is 7.84. The van der Waals surface area contributed by atoms with Gasteiger partial charge in [-0.2, -0.15) is 0 Å². The molecule has 0 spiro atoms. The number of aromatic nitrogens is 4. The quantitative estimate of drug-likeness (QED) is 0.218. The lowest BCUT2D eigenvalue weighted by Gasteiger charge is -2.54. The maximum atomic E-state index is 12.7. The Hall–Kier alpha value is -3.70. The second-order valence-electron chi connectivity index (χ2n) is 14.8. The van der Waals surface area contributed by atoms with Gasteiger partial charge >= 0.3 is 5.69 Å². The SMILES string of the molecule is Cn1c(=O)c2c(ncn2CCS(=O)CCCCCOc2ccc([C@H]3C[C@]4(C)[C@@H](O)CC[C@H]4[C@@H]4CCc5cc(O)ccc5[C@H]43)cc2)n(C)c1=O. The Labute approximate surface area is 289 Å². The number of hydrogen-bond donors (Lipinski definition) is 2. The van der Waals surface area contributed by atoms with E-state index in [2.05, 4.69) is 42.2 Å². The van der Waals surface area contributed by atoms with Crippen LogP contribution in [0.3, 0.4) is 0 Å². The number of nitrogens with zero attached hydrogens (tertiary/aromatic N) is 4. The zero-order valence-corrected chi connectivity index (χ0v) is 29.5.